The second-order valence-electron chi connectivity index (χ2n) is 6.21. The average molecular weight is 395 g/mol. The Hall–Kier alpha value is -3.62. The van der Waals surface area contributed by atoms with Crippen molar-refractivity contribution in [2.24, 2.45) is 5.10 Å². The average Bonchev–Trinajstić information content (AvgIpc) is 3.19. The highest BCUT2D eigenvalue weighted by Crippen LogP contribution is 2.14. The van der Waals surface area contributed by atoms with Crippen molar-refractivity contribution in [1.29, 1.82) is 0 Å². The lowest BCUT2D eigenvalue weighted by Crippen LogP contribution is -2.24. The summed E-state index contributed by atoms with van der Waals surface area (Å²) in [7, 11) is 0. The normalized spacial score (nSPS) is 11.0. The van der Waals surface area contributed by atoms with Gasteiger partial charge in [-0.1, -0.05) is 12.1 Å². The van der Waals surface area contributed by atoms with E-state index in [1.54, 1.807) is 18.3 Å². The van der Waals surface area contributed by atoms with E-state index >= 15 is 0 Å². The first-order valence-electron chi connectivity index (χ1n) is 9.29. The molecule has 9 heteroatoms. The number of anilines is 1. The molecule has 0 atom stereocenters. The fourth-order valence-electron chi connectivity index (χ4n) is 2.73. The Labute approximate surface area is 168 Å². The zero-order valence-electron chi connectivity index (χ0n) is 16.3. The third-order valence-electron chi connectivity index (χ3n) is 4.26. The molecule has 0 aliphatic carbocycles. The van der Waals surface area contributed by atoms with E-state index in [0.29, 0.717) is 11.4 Å². The molecule has 1 aromatic heterocycles. The van der Waals surface area contributed by atoms with Gasteiger partial charge in [0.2, 0.25) is 5.82 Å². The van der Waals surface area contributed by atoms with Gasteiger partial charge in [-0.05, 0) is 61.0 Å². The van der Waals surface area contributed by atoms with Gasteiger partial charge in [-0.15, -0.1) is 10.2 Å². The fourth-order valence-corrected chi connectivity index (χ4v) is 2.73. The van der Waals surface area contributed by atoms with Crippen LogP contribution in [0.4, 0.5) is 10.1 Å². The smallest absolute Gasteiger partial charge is 0.263 e. The molecule has 0 unspecified atom stereocenters. The molecule has 8 nitrogen and oxygen atoms in total. The van der Waals surface area contributed by atoms with Crippen LogP contribution in [0.1, 0.15) is 19.4 Å². The summed E-state index contributed by atoms with van der Waals surface area (Å²) in [5, 5.41) is 15.8. The molecule has 150 valence electrons. The molecule has 3 aromatic rings. The number of aromatic nitrogens is 4. The summed E-state index contributed by atoms with van der Waals surface area (Å²) in [6, 6.07) is 13.6. The molecular formula is C20H22FN7O. The number of benzene rings is 2. The maximum Gasteiger partial charge on any atom is 0.263 e. The minimum absolute atomic E-state index is 0.133. The monoisotopic (exact) mass is 395 g/mol. The highest BCUT2D eigenvalue weighted by Gasteiger charge is 2.09. The molecule has 3 rings (SSSR count). The Balaban J connectivity index is 1.53. The molecular weight excluding hydrogens is 373 g/mol. The fraction of sp³-hybridized carbons (Fsp3) is 0.250. The van der Waals surface area contributed by atoms with Crippen LogP contribution in [-0.4, -0.2) is 45.4 Å². The van der Waals surface area contributed by atoms with Crippen molar-refractivity contribution >= 4 is 17.8 Å². The molecule has 0 bridgehead atoms. The van der Waals surface area contributed by atoms with Gasteiger partial charge in [-0.2, -0.15) is 9.90 Å². The van der Waals surface area contributed by atoms with Gasteiger partial charge in [0, 0.05) is 24.3 Å². The quantitative estimate of drug-likeness (QED) is 0.468. The summed E-state index contributed by atoms with van der Waals surface area (Å²) in [5.74, 6) is -0.417. The molecule has 0 aliphatic rings. The number of hydrazone groups is 1. The van der Waals surface area contributed by atoms with Crippen molar-refractivity contribution in [3.8, 4) is 11.4 Å². The molecule has 0 fully saturated rings. The number of amides is 1. The van der Waals surface area contributed by atoms with E-state index in [4.69, 9.17) is 0 Å². The number of rotatable bonds is 8. The number of nitrogens with one attached hydrogen (secondary N) is 1. The summed E-state index contributed by atoms with van der Waals surface area (Å²) >= 11 is 0. The zero-order valence-corrected chi connectivity index (χ0v) is 16.3. The van der Waals surface area contributed by atoms with Gasteiger partial charge in [-0.3, -0.25) is 4.79 Å². The Morgan fingerprint density at radius 1 is 1.14 bits per heavy atom. The van der Waals surface area contributed by atoms with E-state index in [-0.39, 0.29) is 18.3 Å². The maximum absolute atomic E-state index is 13.0. The molecule has 0 aliphatic heterocycles. The Morgan fingerprint density at radius 2 is 1.83 bits per heavy atom. The Bertz CT molecular complexity index is 963. The second-order valence-corrected chi connectivity index (χ2v) is 6.21. The van der Waals surface area contributed by atoms with E-state index in [9.17, 15) is 9.18 Å². The van der Waals surface area contributed by atoms with Crippen LogP contribution < -0.4 is 10.3 Å². The molecule has 0 saturated heterocycles. The van der Waals surface area contributed by atoms with Gasteiger partial charge in [0.15, 0.2) is 0 Å². The maximum atomic E-state index is 13.0. The number of carbonyl (C=O) groups is 1. The number of hydrogen-bond acceptors (Lipinski definition) is 6. The van der Waals surface area contributed by atoms with Gasteiger partial charge in [-0.25, -0.2) is 9.82 Å². The molecule has 1 amide bonds. The van der Waals surface area contributed by atoms with Crippen LogP contribution >= 0.6 is 0 Å². The minimum Gasteiger partial charge on any atom is -0.372 e. The van der Waals surface area contributed by atoms with Crippen molar-refractivity contribution < 1.29 is 9.18 Å². The summed E-state index contributed by atoms with van der Waals surface area (Å²) in [6.45, 7) is 5.98. The van der Waals surface area contributed by atoms with Crippen LogP contribution in [0.3, 0.4) is 0 Å². The first kappa shape index (κ1) is 20.1. The Morgan fingerprint density at radius 3 is 2.48 bits per heavy atom. The minimum atomic E-state index is -0.385. The summed E-state index contributed by atoms with van der Waals surface area (Å²) in [5.41, 5.74) is 5.07. The van der Waals surface area contributed by atoms with Crippen molar-refractivity contribution in [2.75, 3.05) is 18.0 Å². The third kappa shape index (κ3) is 5.44. The molecule has 0 radical (unpaired) electrons. The topological polar surface area (TPSA) is 88.3 Å². The van der Waals surface area contributed by atoms with Gasteiger partial charge < -0.3 is 4.90 Å². The highest BCUT2D eigenvalue weighted by atomic mass is 19.1. The van der Waals surface area contributed by atoms with Gasteiger partial charge in [0.25, 0.3) is 5.91 Å². The summed E-state index contributed by atoms with van der Waals surface area (Å²) < 4.78 is 13.0. The van der Waals surface area contributed by atoms with E-state index in [2.05, 4.69) is 44.7 Å². The van der Waals surface area contributed by atoms with Gasteiger partial charge in [0.1, 0.15) is 12.4 Å². The molecule has 1 N–H and O–H groups in total. The van der Waals surface area contributed by atoms with E-state index in [1.807, 2.05) is 24.3 Å². The SMILES string of the molecule is CCN(CC)c1ccc(C=NNC(=O)Cn2nnc(-c3ccc(F)cc3)n2)cc1. The number of hydrogen-bond donors (Lipinski definition) is 1. The molecule has 1 heterocycles. The first-order valence-corrected chi connectivity index (χ1v) is 9.29. The van der Waals surface area contributed by atoms with E-state index in [0.717, 1.165) is 29.1 Å². The lowest BCUT2D eigenvalue weighted by molar-refractivity contribution is -0.122. The standard InChI is InChI=1S/C20H22FN7O/c1-3-27(4-2)18-11-5-15(6-12-18)13-22-23-19(29)14-28-25-20(24-26-28)16-7-9-17(21)10-8-16/h5-13H,3-4,14H2,1-2H3,(H,23,29). The number of halogens is 1. The number of tetrazole rings is 1. The lowest BCUT2D eigenvalue weighted by Gasteiger charge is -2.20. The Kier molecular flexibility index (Phi) is 6.62. The molecule has 0 spiro atoms. The third-order valence-corrected chi connectivity index (χ3v) is 4.26. The van der Waals surface area contributed by atoms with Gasteiger partial charge in [0.05, 0.1) is 6.21 Å². The highest BCUT2D eigenvalue weighted by molar-refractivity contribution is 5.82. The molecule has 2 aromatic carbocycles. The van der Waals surface area contributed by atoms with Crippen LogP contribution in [0, 0.1) is 5.82 Å². The second kappa shape index (κ2) is 9.54. The summed E-state index contributed by atoms with van der Waals surface area (Å²) in [4.78, 5) is 15.4. The van der Waals surface area contributed by atoms with Crippen LogP contribution in [0.5, 0.6) is 0 Å². The lowest BCUT2D eigenvalue weighted by atomic mass is 10.2. The van der Waals surface area contributed by atoms with E-state index in [1.165, 1.54) is 12.1 Å². The van der Waals surface area contributed by atoms with Crippen molar-refractivity contribution in [2.45, 2.75) is 20.4 Å². The van der Waals surface area contributed by atoms with E-state index < -0.39 is 0 Å². The predicted molar refractivity (Wildman–Crippen MR) is 109 cm³/mol. The molecule has 0 saturated carbocycles. The zero-order chi connectivity index (χ0) is 20.6. The van der Waals surface area contributed by atoms with Crippen LogP contribution in [0.15, 0.2) is 53.6 Å². The summed E-state index contributed by atoms with van der Waals surface area (Å²) in [6.07, 6.45) is 1.57. The van der Waals surface area contributed by atoms with Crippen molar-refractivity contribution in [1.82, 2.24) is 25.6 Å². The largest absolute Gasteiger partial charge is 0.372 e. The van der Waals surface area contributed by atoms with Gasteiger partial charge >= 0.3 is 0 Å². The van der Waals surface area contributed by atoms with Crippen LogP contribution in [-0.2, 0) is 11.3 Å². The predicted octanol–water partition coefficient (Wildman–Crippen LogP) is 2.48. The number of nitrogens with zero attached hydrogens (tertiary/aromatic N) is 6. The number of carbonyl (C=O) groups excluding carboxylic acids is 1. The van der Waals surface area contributed by atoms with Crippen LogP contribution in [0.2, 0.25) is 0 Å². The molecule has 29 heavy (non-hydrogen) atoms. The van der Waals surface area contributed by atoms with Crippen molar-refractivity contribution in [3.05, 3.63) is 59.9 Å². The van der Waals surface area contributed by atoms with Crippen LogP contribution in [0.25, 0.3) is 11.4 Å². The first-order chi connectivity index (χ1) is 14.1. The van der Waals surface area contributed by atoms with Crippen molar-refractivity contribution in [3.63, 3.8) is 0 Å².